The number of nitrogens with zero attached hydrogens (tertiary/aromatic N) is 1. The number of hydrogen-bond acceptors (Lipinski definition) is 3. The van der Waals surface area contributed by atoms with Crippen molar-refractivity contribution in [1.29, 1.82) is 0 Å². The molecule has 0 bridgehead atoms. The van der Waals surface area contributed by atoms with Gasteiger partial charge in [-0.1, -0.05) is 24.6 Å². The lowest BCUT2D eigenvalue weighted by Crippen LogP contribution is -2.29. The molecular weight excluding hydrogens is 298 g/mol. The largest absolute Gasteiger partial charge is 0.347 e. The molecule has 0 aliphatic rings. The number of aromatic nitrogens is 2. The molecular formula is C13H16ClN3O2S. The van der Waals surface area contributed by atoms with E-state index in [-0.39, 0.29) is 4.90 Å². The lowest BCUT2D eigenvalue weighted by Gasteiger charge is -2.16. The van der Waals surface area contributed by atoms with Crippen LogP contribution < -0.4 is 4.72 Å². The van der Waals surface area contributed by atoms with Crippen LogP contribution in [0.4, 0.5) is 0 Å². The average molecular weight is 314 g/mol. The van der Waals surface area contributed by atoms with E-state index in [0.29, 0.717) is 22.8 Å². The Labute approximate surface area is 123 Å². The number of nitrogens with one attached hydrogen (secondary N) is 2. The van der Waals surface area contributed by atoms with Gasteiger partial charge in [-0.3, -0.25) is 0 Å². The molecule has 1 atom stereocenters. The zero-order valence-electron chi connectivity index (χ0n) is 11.2. The molecule has 2 N–H and O–H groups in total. The van der Waals surface area contributed by atoms with Crippen molar-refractivity contribution in [2.45, 2.75) is 31.2 Å². The molecule has 0 amide bonds. The second-order valence-electron chi connectivity index (χ2n) is 4.42. The summed E-state index contributed by atoms with van der Waals surface area (Å²) in [5.74, 6) is 0.593. The normalized spacial score (nSPS) is 13.3. The Morgan fingerprint density at radius 3 is 2.80 bits per heavy atom. The third kappa shape index (κ3) is 3.03. The molecule has 0 aliphatic carbocycles. The van der Waals surface area contributed by atoms with Crippen LogP contribution in [0.3, 0.4) is 0 Å². The number of hydrogen-bond donors (Lipinski definition) is 2. The maximum Gasteiger partial charge on any atom is 0.241 e. The molecule has 1 aromatic carbocycles. The van der Waals surface area contributed by atoms with Gasteiger partial charge in [0.1, 0.15) is 5.82 Å². The molecule has 1 heterocycles. The standard InChI is InChI=1S/C13H16ClN3O2S/c1-3-11(13-15-7-8-16-13)17-20(18,19)12-6-4-5-10(14)9(12)2/h4-8,11,17H,3H2,1-2H3,(H,15,16). The van der Waals surface area contributed by atoms with Gasteiger partial charge in [0, 0.05) is 17.4 Å². The summed E-state index contributed by atoms with van der Waals surface area (Å²) in [5, 5.41) is 0.430. The number of sulfonamides is 1. The van der Waals surface area contributed by atoms with E-state index in [1.54, 1.807) is 37.5 Å². The summed E-state index contributed by atoms with van der Waals surface area (Å²) in [4.78, 5) is 7.21. The fraction of sp³-hybridized carbons (Fsp3) is 0.308. The van der Waals surface area contributed by atoms with E-state index >= 15 is 0 Å². The highest BCUT2D eigenvalue weighted by Gasteiger charge is 2.23. The zero-order valence-corrected chi connectivity index (χ0v) is 12.8. The molecule has 20 heavy (non-hydrogen) atoms. The molecule has 2 aromatic rings. The van der Waals surface area contributed by atoms with Crippen LogP contribution in [0, 0.1) is 6.92 Å². The molecule has 1 unspecified atom stereocenters. The van der Waals surface area contributed by atoms with Crippen molar-refractivity contribution in [3.05, 3.63) is 47.0 Å². The van der Waals surface area contributed by atoms with Gasteiger partial charge in [0.2, 0.25) is 10.0 Å². The van der Waals surface area contributed by atoms with Gasteiger partial charge in [-0.25, -0.2) is 18.1 Å². The first kappa shape index (κ1) is 15.0. The van der Waals surface area contributed by atoms with Crippen LogP contribution in [0.25, 0.3) is 0 Å². The predicted molar refractivity (Wildman–Crippen MR) is 78.1 cm³/mol. The van der Waals surface area contributed by atoms with Crippen molar-refractivity contribution < 1.29 is 8.42 Å². The third-order valence-electron chi connectivity index (χ3n) is 3.06. The molecule has 0 spiro atoms. The molecule has 1 aromatic heterocycles. The van der Waals surface area contributed by atoms with Gasteiger partial charge in [0.05, 0.1) is 10.9 Å². The smallest absolute Gasteiger partial charge is 0.241 e. The molecule has 7 heteroatoms. The molecule has 5 nitrogen and oxygen atoms in total. The molecule has 2 rings (SSSR count). The van der Waals surface area contributed by atoms with Crippen LogP contribution in [-0.4, -0.2) is 18.4 Å². The monoisotopic (exact) mass is 313 g/mol. The lowest BCUT2D eigenvalue weighted by molar-refractivity contribution is 0.539. The van der Waals surface area contributed by atoms with Crippen molar-refractivity contribution in [2.75, 3.05) is 0 Å². The Balaban J connectivity index is 2.33. The maximum atomic E-state index is 12.5. The van der Waals surface area contributed by atoms with Crippen molar-refractivity contribution in [1.82, 2.24) is 14.7 Å². The molecule has 0 radical (unpaired) electrons. The molecule has 0 aliphatic heterocycles. The minimum Gasteiger partial charge on any atom is -0.347 e. The number of imidazole rings is 1. The van der Waals surface area contributed by atoms with E-state index in [1.165, 1.54) is 0 Å². The average Bonchev–Trinajstić information content (AvgIpc) is 2.93. The molecule has 108 valence electrons. The summed E-state index contributed by atoms with van der Waals surface area (Å²) in [6.45, 7) is 3.57. The molecule has 0 fully saturated rings. The van der Waals surface area contributed by atoms with Gasteiger partial charge in [0.25, 0.3) is 0 Å². The fourth-order valence-corrected chi connectivity index (χ4v) is 3.71. The van der Waals surface area contributed by atoms with Gasteiger partial charge in [-0.05, 0) is 31.0 Å². The van der Waals surface area contributed by atoms with E-state index in [2.05, 4.69) is 14.7 Å². The predicted octanol–water partition coefficient (Wildman–Crippen LogP) is 2.80. The van der Waals surface area contributed by atoms with Crippen LogP contribution >= 0.6 is 11.6 Å². The first-order valence-electron chi connectivity index (χ1n) is 6.22. The fourth-order valence-electron chi connectivity index (χ4n) is 1.93. The van der Waals surface area contributed by atoms with Crippen LogP contribution in [-0.2, 0) is 10.0 Å². The quantitative estimate of drug-likeness (QED) is 0.891. The number of H-pyrrole nitrogens is 1. The van der Waals surface area contributed by atoms with Gasteiger partial charge in [-0.15, -0.1) is 0 Å². The Morgan fingerprint density at radius 1 is 1.45 bits per heavy atom. The highest BCUT2D eigenvalue weighted by atomic mass is 35.5. The zero-order chi connectivity index (χ0) is 14.8. The van der Waals surface area contributed by atoms with Crippen LogP contribution in [0.15, 0.2) is 35.5 Å². The highest BCUT2D eigenvalue weighted by molar-refractivity contribution is 7.89. The highest BCUT2D eigenvalue weighted by Crippen LogP contribution is 2.24. The Bertz CT molecular complexity index is 684. The number of benzene rings is 1. The topological polar surface area (TPSA) is 74.8 Å². The van der Waals surface area contributed by atoms with E-state index in [0.717, 1.165) is 0 Å². The minimum absolute atomic E-state index is 0.190. The third-order valence-corrected chi connectivity index (χ3v) is 5.09. The Kier molecular flexibility index (Phi) is 4.47. The van der Waals surface area contributed by atoms with Crippen molar-refractivity contribution in [2.24, 2.45) is 0 Å². The summed E-state index contributed by atoms with van der Waals surface area (Å²) in [6.07, 6.45) is 3.85. The van der Waals surface area contributed by atoms with E-state index in [9.17, 15) is 8.42 Å². The first-order chi connectivity index (χ1) is 9.45. The Hall–Kier alpha value is -1.37. The van der Waals surface area contributed by atoms with Crippen LogP contribution in [0.2, 0.25) is 5.02 Å². The van der Waals surface area contributed by atoms with Crippen molar-refractivity contribution in [3.8, 4) is 0 Å². The van der Waals surface area contributed by atoms with Gasteiger partial charge in [0.15, 0.2) is 0 Å². The van der Waals surface area contributed by atoms with Gasteiger partial charge >= 0.3 is 0 Å². The lowest BCUT2D eigenvalue weighted by atomic mass is 10.2. The summed E-state index contributed by atoms with van der Waals surface area (Å²) in [7, 11) is -3.65. The molecule has 0 saturated heterocycles. The SMILES string of the molecule is CCC(NS(=O)(=O)c1cccc(Cl)c1C)c1ncc[nH]1. The molecule has 0 saturated carbocycles. The van der Waals surface area contributed by atoms with Crippen molar-refractivity contribution >= 4 is 21.6 Å². The van der Waals surface area contributed by atoms with E-state index in [4.69, 9.17) is 11.6 Å². The summed E-state index contributed by atoms with van der Waals surface area (Å²) in [6, 6.07) is 4.43. The maximum absolute atomic E-state index is 12.5. The van der Waals surface area contributed by atoms with E-state index in [1.807, 2.05) is 6.92 Å². The Morgan fingerprint density at radius 2 is 2.20 bits per heavy atom. The number of aromatic amines is 1. The van der Waals surface area contributed by atoms with Gasteiger partial charge < -0.3 is 4.98 Å². The van der Waals surface area contributed by atoms with E-state index < -0.39 is 16.1 Å². The first-order valence-corrected chi connectivity index (χ1v) is 8.08. The van der Waals surface area contributed by atoms with Crippen LogP contribution in [0.1, 0.15) is 30.8 Å². The summed E-state index contributed by atoms with van der Waals surface area (Å²) < 4.78 is 27.6. The minimum atomic E-state index is -3.65. The van der Waals surface area contributed by atoms with Gasteiger partial charge in [-0.2, -0.15) is 0 Å². The van der Waals surface area contributed by atoms with Crippen LogP contribution in [0.5, 0.6) is 0 Å². The summed E-state index contributed by atoms with van der Waals surface area (Å²) in [5.41, 5.74) is 0.538. The number of rotatable bonds is 5. The second-order valence-corrected chi connectivity index (χ2v) is 6.51. The van der Waals surface area contributed by atoms with Crippen molar-refractivity contribution in [3.63, 3.8) is 0 Å². The second kappa shape index (κ2) is 5.95. The summed E-state index contributed by atoms with van der Waals surface area (Å²) >= 11 is 5.98. The number of halogens is 1.